The van der Waals surface area contributed by atoms with E-state index in [1.165, 1.54) is 0 Å². The van der Waals surface area contributed by atoms with Crippen molar-refractivity contribution >= 4 is 17.9 Å². The molecule has 4 heterocycles. The Morgan fingerprint density at radius 1 is 1.00 bits per heavy atom. The van der Waals surface area contributed by atoms with Crippen LogP contribution >= 0.6 is 0 Å². The first-order valence-electron chi connectivity index (χ1n) is 22.3. The predicted molar refractivity (Wildman–Crippen MR) is 230 cm³/mol. The zero-order valence-electron chi connectivity index (χ0n) is 39.3. The number of cyclic esters (lactones) is 1. The number of benzene rings is 1. The van der Waals surface area contributed by atoms with Gasteiger partial charge in [0, 0.05) is 18.4 Å². The van der Waals surface area contributed by atoms with E-state index in [1.54, 1.807) is 46.2 Å². The number of likely N-dealkylation sites (N-methyl/N-ethyl adjacent to an activating group) is 1. The van der Waals surface area contributed by atoms with Crippen LogP contribution in [0.25, 0.3) is 0 Å². The normalized spacial score (nSPS) is 34.6. The molecule has 1 aromatic carbocycles. The van der Waals surface area contributed by atoms with Crippen LogP contribution in [0.4, 0.5) is 0 Å². The number of hydrogen-bond donors (Lipinski definition) is 1. The topological polar surface area (TPSA) is 170 Å². The van der Waals surface area contributed by atoms with E-state index < -0.39 is 95.5 Å². The lowest BCUT2D eigenvalue weighted by Gasteiger charge is -2.47. The van der Waals surface area contributed by atoms with Gasteiger partial charge < -0.3 is 43.2 Å². The molecule has 1 aromatic heterocycles. The number of fused-ring (bicyclic) bond motifs is 2. The van der Waals surface area contributed by atoms with E-state index in [9.17, 15) is 19.5 Å². The van der Waals surface area contributed by atoms with E-state index >= 15 is 0 Å². The van der Waals surface area contributed by atoms with Gasteiger partial charge in [-0.05, 0) is 72.7 Å². The number of carbonyl (C=O) groups excluding carboxylic acids is 3. The quantitative estimate of drug-likeness (QED) is 0.177. The highest BCUT2D eigenvalue weighted by atomic mass is 16.7. The lowest BCUT2D eigenvalue weighted by Crippen LogP contribution is -2.59. The van der Waals surface area contributed by atoms with E-state index in [0.29, 0.717) is 30.8 Å². The standard InChI is InChI=1S/C47H72N4O11/c1-15-36-47(12,62-43(54)27(4)5)41(59-42(53)26(2)3)30(8)38-28(6)22-46(11,61-38)40(60-45-37(52)35(50(13)14)21-29(7)57-45)31(9)39(32(10)44(55)58-36)56-25-34-24-51(49-48-34)23-33-19-17-16-18-20-33/h16-20,24,26-27,29-32,35-37,39-41,45,52H,15,21-23,25H2,1-14H3/t29-,30+,31+,32-,35+,36-,37-,39+,40-,41-,45+,46-,47-/m1/s1. The van der Waals surface area contributed by atoms with Crippen LogP contribution in [0, 0.1) is 29.6 Å². The van der Waals surface area contributed by atoms with Gasteiger partial charge in [0.1, 0.15) is 35.4 Å². The molecule has 3 aliphatic rings. The molecule has 346 valence electrons. The van der Waals surface area contributed by atoms with Crippen molar-refractivity contribution in [2.45, 2.75) is 176 Å². The molecule has 13 atom stereocenters. The molecular weight excluding hydrogens is 797 g/mol. The molecule has 62 heavy (non-hydrogen) atoms. The number of rotatable bonds is 13. The number of ether oxygens (including phenoxy) is 7. The van der Waals surface area contributed by atoms with Crippen molar-refractivity contribution in [2.24, 2.45) is 29.6 Å². The third-order valence-corrected chi connectivity index (χ3v) is 12.8. The molecule has 0 amide bonds. The molecule has 0 aliphatic carbocycles. The first kappa shape index (κ1) is 49.1. The van der Waals surface area contributed by atoms with Gasteiger partial charge in [-0.25, -0.2) is 4.68 Å². The molecule has 0 spiro atoms. The Balaban J connectivity index is 1.63. The summed E-state index contributed by atoms with van der Waals surface area (Å²) in [5.74, 6) is -4.42. The van der Waals surface area contributed by atoms with E-state index in [2.05, 4.69) is 10.3 Å². The molecule has 15 nitrogen and oxygen atoms in total. The van der Waals surface area contributed by atoms with Crippen molar-refractivity contribution in [3.8, 4) is 0 Å². The summed E-state index contributed by atoms with van der Waals surface area (Å²) >= 11 is 0. The minimum atomic E-state index is -1.66. The molecule has 1 N–H and O–H groups in total. The van der Waals surface area contributed by atoms with E-state index in [0.717, 1.165) is 11.1 Å². The summed E-state index contributed by atoms with van der Waals surface area (Å²) in [6, 6.07) is 9.66. The average molecular weight is 869 g/mol. The Bertz CT molecular complexity index is 1870. The summed E-state index contributed by atoms with van der Waals surface area (Å²) in [5, 5.41) is 20.5. The van der Waals surface area contributed by atoms with E-state index in [1.807, 2.05) is 97.1 Å². The molecule has 0 radical (unpaired) electrons. The van der Waals surface area contributed by atoms with Crippen molar-refractivity contribution in [2.75, 3.05) is 14.1 Å². The predicted octanol–water partition coefficient (Wildman–Crippen LogP) is 6.25. The van der Waals surface area contributed by atoms with Gasteiger partial charge >= 0.3 is 17.9 Å². The molecule has 15 heteroatoms. The van der Waals surface area contributed by atoms with Crippen LogP contribution in [0.5, 0.6) is 0 Å². The van der Waals surface area contributed by atoms with Crippen LogP contribution in [0.1, 0.15) is 114 Å². The van der Waals surface area contributed by atoms with Crippen molar-refractivity contribution < 1.29 is 52.6 Å². The first-order chi connectivity index (χ1) is 29.1. The highest BCUT2D eigenvalue weighted by Gasteiger charge is 2.58. The second-order valence-corrected chi connectivity index (χ2v) is 19.1. The monoisotopic (exact) mass is 869 g/mol. The second-order valence-electron chi connectivity index (χ2n) is 19.1. The van der Waals surface area contributed by atoms with Crippen molar-refractivity contribution in [1.29, 1.82) is 0 Å². The molecule has 2 saturated heterocycles. The van der Waals surface area contributed by atoms with Gasteiger partial charge in [0.05, 0.1) is 55.2 Å². The number of esters is 3. The number of carbonyl (C=O) groups is 3. The van der Waals surface area contributed by atoms with Gasteiger partial charge in [-0.2, -0.15) is 0 Å². The van der Waals surface area contributed by atoms with Crippen LogP contribution in [0.15, 0.2) is 47.9 Å². The number of hydrogen-bond acceptors (Lipinski definition) is 14. The Hall–Kier alpha value is -3.89. The van der Waals surface area contributed by atoms with Crippen molar-refractivity contribution in [3.63, 3.8) is 0 Å². The molecule has 0 unspecified atom stereocenters. The molecule has 2 bridgehead atoms. The van der Waals surface area contributed by atoms with Gasteiger partial charge in [0.15, 0.2) is 18.0 Å². The molecule has 2 aromatic rings. The number of aromatic nitrogens is 3. The fourth-order valence-corrected chi connectivity index (χ4v) is 9.35. The number of aliphatic hydroxyl groups excluding tert-OH is 1. The average Bonchev–Trinajstić information content (AvgIpc) is 3.80. The number of nitrogens with zero attached hydrogens (tertiary/aromatic N) is 4. The zero-order chi connectivity index (χ0) is 45.8. The smallest absolute Gasteiger partial charge is 0.311 e. The number of aliphatic hydroxyl groups is 1. The Labute approximate surface area is 368 Å². The molecule has 5 rings (SSSR count). The zero-order valence-corrected chi connectivity index (χ0v) is 39.3. The van der Waals surface area contributed by atoms with Crippen LogP contribution in [0.2, 0.25) is 0 Å². The summed E-state index contributed by atoms with van der Waals surface area (Å²) in [7, 11) is 3.83. The highest BCUT2D eigenvalue weighted by Crippen LogP contribution is 2.48. The molecule has 3 aliphatic heterocycles. The first-order valence-corrected chi connectivity index (χ1v) is 22.3. The maximum Gasteiger partial charge on any atom is 0.311 e. The Morgan fingerprint density at radius 3 is 2.27 bits per heavy atom. The fraction of sp³-hybridized carbons (Fsp3) is 0.723. The van der Waals surface area contributed by atoms with E-state index in [4.69, 9.17) is 33.2 Å². The second kappa shape index (κ2) is 20.3. The Morgan fingerprint density at radius 2 is 1.66 bits per heavy atom. The van der Waals surface area contributed by atoms with Crippen LogP contribution in [-0.4, -0.2) is 117 Å². The van der Waals surface area contributed by atoms with Gasteiger partial charge in [0.25, 0.3) is 0 Å². The molecule has 2 fully saturated rings. The molecule has 0 saturated carbocycles. The minimum absolute atomic E-state index is 0.00170. The third kappa shape index (κ3) is 10.9. The lowest BCUT2D eigenvalue weighted by molar-refractivity contribution is -0.299. The maximum atomic E-state index is 14.8. The maximum absolute atomic E-state index is 14.8. The summed E-state index contributed by atoms with van der Waals surface area (Å²) < 4.78 is 48.2. The van der Waals surface area contributed by atoms with Crippen LogP contribution in [-0.2, 0) is 60.7 Å². The fourth-order valence-electron chi connectivity index (χ4n) is 9.35. The summed E-state index contributed by atoms with van der Waals surface area (Å²) in [5.41, 5.74) is -0.302. The van der Waals surface area contributed by atoms with Gasteiger partial charge in [-0.15, -0.1) is 5.10 Å². The summed E-state index contributed by atoms with van der Waals surface area (Å²) in [4.78, 5) is 44.0. The van der Waals surface area contributed by atoms with Gasteiger partial charge in [-0.3, -0.25) is 14.4 Å². The van der Waals surface area contributed by atoms with E-state index in [-0.39, 0.29) is 25.2 Å². The lowest BCUT2D eigenvalue weighted by atomic mass is 9.78. The van der Waals surface area contributed by atoms with Crippen LogP contribution < -0.4 is 0 Å². The van der Waals surface area contributed by atoms with Gasteiger partial charge in [0.2, 0.25) is 0 Å². The van der Waals surface area contributed by atoms with Crippen molar-refractivity contribution in [3.05, 3.63) is 59.1 Å². The SMILES string of the molecule is CC[C@H]1OC(=O)[C@H](C)[C@@H](OCc2cn(Cc3ccccc3)nn2)[C@H](C)[C@@H](O[C@@H]2O[C@H](C)C[C@H](N(C)C)[C@H]2O)[C@@]2(C)CC(C)=C(O2)[C@H](C)[C@@H](OC(=O)C(C)C)[C@]1(C)OC(=O)C(C)C. The largest absolute Gasteiger partial charge is 0.488 e. The summed E-state index contributed by atoms with van der Waals surface area (Å²) in [6.07, 6.45) is -3.24. The van der Waals surface area contributed by atoms with Crippen molar-refractivity contribution in [1.82, 2.24) is 19.9 Å². The highest BCUT2D eigenvalue weighted by molar-refractivity contribution is 5.74. The minimum Gasteiger partial charge on any atom is -0.488 e. The van der Waals surface area contributed by atoms with Crippen LogP contribution in [0.3, 0.4) is 0 Å². The van der Waals surface area contributed by atoms with Gasteiger partial charge in [-0.1, -0.05) is 84.0 Å². The third-order valence-electron chi connectivity index (χ3n) is 12.8. The Kier molecular flexibility index (Phi) is 16.1. The molecular formula is C47H72N4O11. The summed E-state index contributed by atoms with van der Waals surface area (Å²) in [6.45, 7) is 22.3.